The molecular weight excluding hydrogens is 316 g/mol. The van der Waals surface area contributed by atoms with Gasteiger partial charge < -0.3 is 5.21 Å². The van der Waals surface area contributed by atoms with Crippen LogP contribution in [0.5, 0.6) is 0 Å². The number of rotatable bonds is 6. The molecule has 24 heavy (non-hydrogen) atoms. The number of pyridine rings is 1. The monoisotopic (exact) mass is 334 g/mol. The second-order valence-electron chi connectivity index (χ2n) is 5.26. The first-order valence-electron chi connectivity index (χ1n) is 7.77. The van der Waals surface area contributed by atoms with Gasteiger partial charge >= 0.3 is 0 Å². The Kier molecular flexibility index (Phi) is 5.64. The minimum Gasteiger partial charge on any atom is -0.410 e. The third kappa shape index (κ3) is 4.03. The molecule has 0 aliphatic rings. The molecule has 2 aromatic carbocycles. The van der Waals surface area contributed by atoms with Gasteiger partial charge in [-0.05, 0) is 36.2 Å². The lowest BCUT2D eigenvalue weighted by molar-refractivity contribution is 0.319. The summed E-state index contributed by atoms with van der Waals surface area (Å²) in [4.78, 5) is 5.38. The van der Waals surface area contributed by atoms with E-state index in [4.69, 9.17) is 0 Å². The van der Waals surface area contributed by atoms with E-state index < -0.39 is 0 Å². The molecule has 3 nitrogen and oxygen atoms in total. The first kappa shape index (κ1) is 16.3. The topological polar surface area (TPSA) is 45.5 Å². The lowest BCUT2D eigenvalue weighted by Gasteiger charge is -2.11. The molecule has 120 valence electrons. The van der Waals surface area contributed by atoms with E-state index in [1.54, 1.807) is 12.4 Å². The number of benzene rings is 2. The molecule has 0 unspecified atom stereocenters. The van der Waals surface area contributed by atoms with Crippen LogP contribution in [0.3, 0.4) is 0 Å². The second kappa shape index (κ2) is 8.31. The second-order valence-corrected chi connectivity index (χ2v) is 6.43. The van der Waals surface area contributed by atoms with E-state index in [1.165, 1.54) is 4.90 Å². The van der Waals surface area contributed by atoms with Gasteiger partial charge in [0.2, 0.25) is 0 Å². The van der Waals surface area contributed by atoms with Crippen LogP contribution in [0, 0.1) is 0 Å². The molecule has 1 N–H and O–H groups in total. The van der Waals surface area contributed by atoms with Crippen molar-refractivity contribution < 1.29 is 5.21 Å². The van der Waals surface area contributed by atoms with Gasteiger partial charge in [0.1, 0.15) is 5.71 Å². The van der Waals surface area contributed by atoms with E-state index in [1.807, 2.05) is 48.2 Å². The molecule has 0 bridgehead atoms. The predicted molar refractivity (Wildman–Crippen MR) is 99.0 cm³/mol. The van der Waals surface area contributed by atoms with Gasteiger partial charge in [-0.3, -0.25) is 4.98 Å². The Bertz CT molecular complexity index is 804. The van der Waals surface area contributed by atoms with Crippen LogP contribution in [0.25, 0.3) is 0 Å². The zero-order chi connectivity index (χ0) is 16.6. The number of aromatic nitrogens is 1. The first-order valence-corrected chi connectivity index (χ1v) is 8.75. The number of hydrogen-bond acceptors (Lipinski definition) is 4. The van der Waals surface area contributed by atoms with Crippen LogP contribution in [0.2, 0.25) is 0 Å². The summed E-state index contributed by atoms with van der Waals surface area (Å²) in [6, 6.07) is 22.2. The highest BCUT2D eigenvalue weighted by atomic mass is 32.2. The quantitative estimate of drug-likeness (QED) is 0.309. The molecule has 0 aliphatic heterocycles. The minimum atomic E-state index is 0.559. The number of oxime groups is 1. The Morgan fingerprint density at radius 3 is 2.50 bits per heavy atom. The summed E-state index contributed by atoms with van der Waals surface area (Å²) in [5.41, 5.74) is 3.48. The first-order chi connectivity index (χ1) is 11.9. The predicted octanol–water partition coefficient (Wildman–Crippen LogP) is 4.64. The van der Waals surface area contributed by atoms with Crippen LogP contribution in [-0.4, -0.2) is 21.7 Å². The minimum absolute atomic E-state index is 0.559. The van der Waals surface area contributed by atoms with Crippen molar-refractivity contribution in [1.82, 2.24) is 4.98 Å². The Morgan fingerprint density at radius 1 is 0.958 bits per heavy atom. The summed E-state index contributed by atoms with van der Waals surface area (Å²) >= 11 is 1.82. The molecule has 0 amide bonds. The summed E-state index contributed by atoms with van der Waals surface area (Å²) in [5, 5.41) is 13.0. The van der Waals surface area contributed by atoms with Crippen LogP contribution in [0.1, 0.15) is 16.7 Å². The fourth-order valence-electron chi connectivity index (χ4n) is 2.53. The smallest absolute Gasteiger partial charge is 0.118 e. The van der Waals surface area contributed by atoms with E-state index in [0.717, 1.165) is 28.9 Å². The van der Waals surface area contributed by atoms with Crippen molar-refractivity contribution in [2.75, 3.05) is 5.75 Å². The van der Waals surface area contributed by atoms with Crippen molar-refractivity contribution in [3.8, 4) is 0 Å². The third-order valence-corrected chi connectivity index (χ3v) is 4.70. The van der Waals surface area contributed by atoms with Gasteiger partial charge in [0.15, 0.2) is 0 Å². The van der Waals surface area contributed by atoms with Crippen LogP contribution in [0.15, 0.2) is 89.2 Å². The molecule has 3 rings (SSSR count). The highest BCUT2D eigenvalue weighted by molar-refractivity contribution is 7.99. The van der Waals surface area contributed by atoms with Crippen LogP contribution < -0.4 is 0 Å². The Balaban J connectivity index is 1.78. The lowest BCUT2D eigenvalue weighted by Crippen LogP contribution is -2.08. The van der Waals surface area contributed by atoms with Gasteiger partial charge in [-0.15, -0.1) is 11.8 Å². The summed E-state index contributed by atoms with van der Waals surface area (Å²) in [7, 11) is 0. The van der Waals surface area contributed by atoms with E-state index in [-0.39, 0.29) is 0 Å². The summed E-state index contributed by atoms with van der Waals surface area (Å²) < 4.78 is 0. The number of hydrogen-bond donors (Lipinski definition) is 1. The zero-order valence-electron chi connectivity index (χ0n) is 13.2. The molecule has 0 spiro atoms. The Hall–Kier alpha value is -2.59. The molecule has 0 radical (unpaired) electrons. The number of aryl methyl sites for hydroxylation is 1. The molecule has 1 heterocycles. The lowest BCUT2D eigenvalue weighted by atomic mass is 9.97. The number of nitrogens with zero attached hydrogens (tertiary/aromatic N) is 2. The largest absolute Gasteiger partial charge is 0.410 e. The maximum atomic E-state index is 9.52. The summed E-state index contributed by atoms with van der Waals surface area (Å²) in [5.74, 6) is 0.965. The molecule has 0 fully saturated rings. The van der Waals surface area contributed by atoms with Gasteiger partial charge in [-0.1, -0.05) is 47.6 Å². The molecule has 1 aromatic heterocycles. The van der Waals surface area contributed by atoms with E-state index >= 15 is 0 Å². The van der Waals surface area contributed by atoms with Gasteiger partial charge in [-0.25, -0.2) is 0 Å². The van der Waals surface area contributed by atoms with E-state index in [2.05, 4.69) is 40.5 Å². The van der Waals surface area contributed by atoms with Crippen molar-refractivity contribution >= 4 is 17.5 Å². The average Bonchev–Trinajstić information content (AvgIpc) is 2.65. The molecule has 3 aromatic rings. The molecular formula is C20H18N2OS. The zero-order valence-corrected chi connectivity index (χ0v) is 14.0. The maximum absolute atomic E-state index is 9.52. The van der Waals surface area contributed by atoms with Crippen LogP contribution in [-0.2, 0) is 6.42 Å². The normalized spacial score (nSPS) is 11.4. The molecule has 4 heteroatoms. The van der Waals surface area contributed by atoms with Crippen molar-refractivity contribution in [3.63, 3.8) is 0 Å². The van der Waals surface area contributed by atoms with Gasteiger partial charge in [0.25, 0.3) is 0 Å². The third-order valence-electron chi connectivity index (χ3n) is 3.69. The summed E-state index contributed by atoms with van der Waals surface area (Å²) in [6.45, 7) is 0. The van der Waals surface area contributed by atoms with Crippen molar-refractivity contribution in [1.29, 1.82) is 0 Å². The average molecular weight is 334 g/mol. The highest BCUT2D eigenvalue weighted by Crippen LogP contribution is 2.21. The van der Waals surface area contributed by atoms with Gasteiger partial charge in [0.05, 0.1) is 0 Å². The van der Waals surface area contributed by atoms with Gasteiger partial charge in [-0.2, -0.15) is 0 Å². The molecule has 0 aliphatic carbocycles. The Labute approximate surface area is 146 Å². The fraction of sp³-hybridized carbons (Fsp3) is 0.100. The van der Waals surface area contributed by atoms with Crippen molar-refractivity contribution in [2.45, 2.75) is 11.3 Å². The highest BCUT2D eigenvalue weighted by Gasteiger charge is 2.12. The number of thioether (sulfide) groups is 1. The van der Waals surface area contributed by atoms with Gasteiger partial charge in [0, 0.05) is 34.2 Å². The van der Waals surface area contributed by atoms with Crippen molar-refractivity contribution in [2.24, 2.45) is 5.16 Å². The van der Waals surface area contributed by atoms with Crippen molar-refractivity contribution in [3.05, 3.63) is 95.8 Å². The van der Waals surface area contributed by atoms with Crippen LogP contribution in [0.4, 0.5) is 0 Å². The standard InChI is InChI=1S/C20H18N2OS/c23-22-20(17-8-6-13-21-15-17)19-11-5-4-7-16(19)12-14-24-18-9-2-1-3-10-18/h1-11,13,15,23H,12,14H2. The maximum Gasteiger partial charge on any atom is 0.118 e. The fourth-order valence-corrected chi connectivity index (χ4v) is 3.44. The van der Waals surface area contributed by atoms with E-state index in [9.17, 15) is 5.21 Å². The Morgan fingerprint density at radius 2 is 1.75 bits per heavy atom. The summed E-state index contributed by atoms with van der Waals surface area (Å²) in [6.07, 6.45) is 4.32. The molecule has 0 saturated carbocycles. The SMILES string of the molecule is ON=C(c1cccnc1)c1ccccc1CCSc1ccccc1. The molecule has 0 saturated heterocycles. The van der Waals surface area contributed by atoms with Crippen LogP contribution >= 0.6 is 11.8 Å². The van der Waals surface area contributed by atoms with E-state index in [0.29, 0.717) is 5.71 Å². The molecule has 0 atom stereocenters.